The van der Waals surface area contributed by atoms with Gasteiger partial charge in [0.1, 0.15) is 0 Å². The standard InChI is InChI=1S/C10H10BrNO2/c1-6-5-8(13)10(14-2)9(11)7(6)3-4-12/h5,13H,3H2,1-2H3. The first-order chi connectivity index (χ1) is 6.61. The van der Waals surface area contributed by atoms with Crippen LogP contribution in [0, 0.1) is 18.3 Å². The van der Waals surface area contributed by atoms with Gasteiger partial charge in [-0.3, -0.25) is 0 Å². The van der Waals surface area contributed by atoms with Crippen LogP contribution in [0.15, 0.2) is 10.5 Å². The molecule has 1 rings (SSSR count). The molecule has 0 heterocycles. The van der Waals surface area contributed by atoms with Crippen LogP contribution in [0.4, 0.5) is 0 Å². The third-order valence-electron chi connectivity index (χ3n) is 1.99. The minimum atomic E-state index is 0.0820. The molecule has 1 N–H and O–H groups in total. The Morgan fingerprint density at radius 3 is 2.79 bits per heavy atom. The molecule has 0 bridgehead atoms. The van der Waals surface area contributed by atoms with Crippen molar-refractivity contribution in [1.82, 2.24) is 0 Å². The first-order valence-corrected chi connectivity index (χ1v) is 4.83. The van der Waals surface area contributed by atoms with Crippen LogP contribution in [-0.2, 0) is 6.42 Å². The molecule has 0 atom stereocenters. The van der Waals surface area contributed by atoms with Gasteiger partial charge in [-0.05, 0) is 40.0 Å². The Kier molecular flexibility index (Phi) is 3.37. The fourth-order valence-corrected chi connectivity index (χ4v) is 2.09. The van der Waals surface area contributed by atoms with Crippen LogP contribution in [0.1, 0.15) is 11.1 Å². The molecule has 4 heteroatoms. The SMILES string of the molecule is COc1c(O)cc(C)c(CC#N)c1Br. The Morgan fingerprint density at radius 1 is 1.64 bits per heavy atom. The fraction of sp³-hybridized carbons (Fsp3) is 0.300. The summed E-state index contributed by atoms with van der Waals surface area (Å²) in [6.45, 7) is 1.84. The van der Waals surface area contributed by atoms with Crippen LogP contribution in [-0.4, -0.2) is 12.2 Å². The number of benzene rings is 1. The summed E-state index contributed by atoms with van der Waals surface area (Å²) in [6.07, 6.45) is 0.295. The third kappa shape index (κ3) is 1.83. The molecule has 0 spiro atoms. The van der Waals surface area contributed by atoms with E-state index in [1.807, 2.05) is 6.92 Å². The van der Waals surface area contributed by atoms with Crippen LogP contribution >= 0.6 is 15.9 Å². The first-order valence-electron chi connectivity index (χ1n) is 4.03. The smallest absolute Gasteiger partial charge is 0.174 e. The van der Waals surface area contributed by atoms with Crippen molar-refractivity contribution in [3.8, 4) is 17.6 Å². The number of ether oxygens (including phenoxy) is 1. The monoisotopic (exact) mass is 255 g/mol. The van der Waals surface area contributed by atoms with Gasteiger partial charge in [-0.1, -0.05) is 0 Å². The van der Waals surface area contributed by atoms with Crippen molar-refractivity contribution < 1.29 is 9.84 Å². The maximum atomic E-state index is 9.53. The number of phenolic OH excluding ortho intramolecular Hbond substituents is 1. The highest BCUT2D eigenvalue weighted by molar-refractivity contribution is 9.10. The molecule has 0 radical (unpaired) electrons. The number of phenols is 1. The first kappa shape index (κ1) is 10.9. The van der Waals surface area contributed by atoms with Crippen LogP contribution in [0.3, 0.4) is 0 Å². The van der Waals surface area contributed by atoms with Gasteiger partial charge in [0, 0.05) is 0 Å². The molecular formula is C10H10BrNO2. The zero-order valence-corrected chi connectivity index (χ0v) is 9.55. The topological polar surface area (TPSA) is 53.2 Å². The summed E-state index contributed by atoms with van der Waals surface area (Å²) in [4.78, 5) is 0. The predicted octanol–water partition coefficient (Wildman–Crippen LogP) is 2.54. The van der Waals surface area contributed by atoms with E-state index in [9.17, 15) is 5.11 Å². The molecule has 0 saturated carbocycles. The molecule has 14 heavy (non-hydrogen) atoms. The lowest BCUT2D eigenvalue weighted by atomic mass is 10.1. The second kappa shape index (κ2) is 4.34. The summed E-state index contributed by atoms with van der Waals surface area (Å²) in [7, 11) is 1.48. The van der Waals surface area contributed by atoms with Gasteiger partial charge >= 0.3 is 0 Å². The molecule has 0 fully saturated rings. The number of halogens is 1. The second-order valence-corrected chi connectivity index (χ2v) is 3.67. The molecule has 0 aliphatic carbocycles. The highest BCUT2D eigenvalue weighted by Gasteiger charge is 2.13. The van der Waals surface area contributed by atoms with E-state index in [-0.39, 0.29) is 5.75 Å². The Morgan fingerprint density at radius 2 is 2.29 bits per heavy atom. The van der Waals surface area contributed by atoms with Crippen molar-refractivity contribution >= 4 is 15.9 Å². The quantitative estimate of drug-likeness (QED) is 0.884. The molecule has 1 aromatic carbocycles. The van der Waals surface area contributed by atoms with Gasteiger partial charge in [-0.15, -0.1) is 0 Å². The van der Waals surface area contributed by atoms with Crippen LogP contribution in [0.25, 0.3) is 0 Å². The lowest BCUT2D eigenvalue weighted by molar-refractivity contribution is 0.370. The van der Waals surface area contributed by atoms with E-state index < -0.39 is 0 Å². The number of hydrogen-bond acceptors (Lipinski definition) is 3. The van der Waals surface area contributed by atoms with Gasteiger partial charge in [0.25, 0.3) is 0 Å². The third-order valence-corrected chi connectivity index (χ3v) is 2.82. The van der Waals surface area contributed by atoms with Crippen molar-refractivity contribution in [2.24, 2.45) is 0 Å². The number of nitriles is 1. The lowest BCUT2D eigenvalue weighted by Crippen LogP contribution is -1.94. The number of hydrogen-bond donors (Lipinski definition) is 1. The van der Waals surface area contributed by atoms with Gasteiger partial charge < -0.3 is 9.84 Å². The van der Waals surface area contributed by atoms with E-state index in [4.69, 9.17) is 10.00 Å². The summed E-state index contributed by atoms with van der Waals surface area (Å²) in [5.74, 6) is 0.458. The van der Waals surface area contributed by atoms with Gasteiger partial charge in [0.2, 0.25) is 0 Å². The highest BCUT2D eigenvalue weighted by atomic mass is 79.9. The number of aryl methyl sites for hydroxylation is 1. The second-order valence-electron chi connectivity index (χ2n) is 2.87. The van der Waals surface area contributed by atoms with Crippen molar-refractivity contribution in [3.63, 3.8) is 0 Å². The van der Waals surface area contributed by atoms with Crippen LogP contribution in [0.2, 0.25) is 0 Å². The summed E-state index contributed by atoms with van der Waals surface area (Å²) in [6, 6.07) is 3.66. The highest BCUT2D eigenvalue weighted by Crippen LogP contribution is 2.38. The van der Waals surface area contributed by atoms with E-state index in [0.29, 0.717) is 16.6 Å². The Bertz CT molecular complexity index is 396. The number of rotatable bonds is 2. The van der Waals surface area contributed by atoms with Crippen LogP contribution in [0.5, 0.6) is 11.5 Å². The normalized spacial score (nSPS) is 9.57. The van der Waals surface area contributed by atoms with Gasteiger partial charge in [0.05, 0.1) is 24.1 Å². The largest absolute Gasteiger partial charge is 0.504 e. The van der Waals surface area contributed by atoms with Crippen molar-refractivity contribution in [2.75, 3.05) is 7.11 Å². The van der Waals surface area contributed by atoms with Crippen molar-refractivity contribution in [3.05, 3.63) is 21.7 Å². The molecule has 0 unspecified atom stereocenters. The van der Waals surface area contributed by atoms with Gasteiger partial charge in [0.15, 0.2) is 11.5 Å². The Balaban J connectivity index is 3.37. The van der Waals surface area contributed by atoms with Gasteiger partial charge in [-0.25, -0.2) is 0 Å². The summed E-state index contributed by atoms with van der Waals surface area (Å²) in [5, 5.41) is 18.2. The van der Waals surface area contributed by atoms with E-state index in [0.717, 1.165) is 11.1 Å². The molecule has 0 aliphatic rings. The van der Waals surface area contributed by atoms with E-state index in [1.165, 1.54) is 7.11 Å². The molecule has 0 amide bonds. The van der Waals surface area contributed by atoms with E-state index >= 15 is 0 Å². The molecule has 0 saturated heterocycles. The van der Waals surface area contributed by atoms with Crippen molar-refractivity contribution in [2.45, 2.75) is 13.3 Å². The number of aromatic hydroxyl groups is 1. The summed E-state index contributed by atoms with van der Waals surface area (Å²) < 4.78 is 5.66. The zero-order valence-electron chi connectivity index (χ0n) is 7.97. The van der Waals surface area contributed by atoms with Gasteiger partial charge in [-0.2, -0.15) is 5.26 Å². The maximum absolute atomic E-state index is 9.53. The fourth-order valence-electron chi connectivity index (χ4n) is 1.27. The molecule has 1 aromatic rings. The molecule has 3 nitrogen and oxygen atoms in total. The van der Waals surface area contributed by atoms with E-state index in [1.54, 1.807) is 6.07 Å². The molecule has 0 aliphatic heterocycles. The molecule has 0 aromatic heterocycles. The Hall–Kier alpha value is -1.21. The minimum Gasteiger partial charge on any atom is -0.504 e. The summed E-state index contributed by atoms with van der Waals surface area (Å²) >= 11 is 3.31. The average molecular weight is 256 g/mol. The average Bonchev–Trinajstić information content (AvgIpc) is 2.12. The zero-order chi connectivity index (χ0) is 10.7. The maximum Gasteiger partial charge on any atom is 0.174 e. The van der Waals surface area contributed by atoms with E-state index in [2.05, 4.69) is 22.0 Å². The minimum absolute atomic E-state index is 0.0820. The van der Waals surface area contributed by atoms with Crippen molar-refractivity contribution in [1.29, 1.82) is 5.26 Å². The van der Waals surface area contributed by atoms with Crippen LogP contribution < -0.4 is 4.74 Å². The molecular weight excluding hydrogens is 246 g/mol. The number of methoxy groups -OCH3 is 1. The molecule has 74 valence electrons. The predicted molar refractivity (Wildman–Crippen MR) is 56.4 cm³/mol. The number of nitrogens with zero attached hydrogens (tertiary/aromatic N) is 1. The Labute approximate surface area is 91.1 Å². The summed E-state index contributed by atoms with van der Waals surface area (Å²) in [5.41, 5.74) is 1.72. The lowest BCUT2D eigenvalue weighted by Gasteiger charge is -2.11.